The molecule has 0 aromatic rings. The number of epoxide rings is 1. The Morgan fingerprint density at radius 3 is 2.52 bits per heavy atom. The molecule has 0 radical (unpaired) electrons. The highest BCUT2D eigenvalue weighted by atomic mass is 33.1. The van der Waals surface area contributed by atoms with Gasteiger partial charge < -0.3 is 15.4 Å². The van der Waals surface area contributed by atoms with Crippen LogP contribution in [-0.2, 0) is 14.3 Å². The van der Waals surface area contributed by atoms with E-state index in [-0.39, 0.29) is 23.3 Å². The number of rotatable bonds is 11. The zero-order valence-electron chi connectivity index (χ0n) is 14.0. The zero-order valence-corrected chi connectivity index (χ0v) is 17.4. The van der Waals surface area contributed by atoms with Crippen molar-refractivity contribution in [1.29, 1.82) is 0 Å². The largest absolute Gasteiger partial charge is 0.355 e. The molecule has 1 saturated heterocycles. The predicted molar refractivity (Wildman–Crippen MR) is 105 cm³/mol. The van der Waals surface area contributed by atoms with E-state index in [1.807, 2.05) is 27.0 Å². The molecule has 1 aliphatic heterocycles. The first-order chi connectivity index (χ1) is 10.7. The maximum atomic E-state index is 11.9. The van der Waals surface area contributed by atoms with Crippen LogP contribution < -0.4 is 10.6 Å². The van der Waals surface area contributed by atoms with Crippen LogP contribution in [0.15, 0.2) is 0 Å². The number of hydrogen-bond acceptors (Lipinski definition) is 7. The van der Waals surface area contributed by atoms with Crippen LogP contribution in [0.25, 0.3) is 0 Å². The summed E-state index contributed by atoms with van der Waals surface area (Å²) in [6.45, 7) is 6.47. The lowest BCUT2D eigenvalue weighted by Crippen LogP contribution is -2.44. The van der Waals surface area contributed by atoms with E-state index in [2.05, 4.69) is 22.3 Å². The summed E-state index contributed by atoms with van der Waals surface area (Å²) in [6.07, 6.45) is 2.83. The first-order valence-electron chi connectivity index (χ1n) is 7.42. The van der Waals surface area contributed by atoms with Crippen molar-refractivity contribution in [1.82, 2.24) is 10.6 Å². The van der Waals surface area contributed by atoms with Gasteiger partial charge in [0.15, 0.2) is 5.72 Å². The van der Waals surface area contributed by atoms with E-state index in [0.717, 1.165) is 5.75 Å². The smallest absolute Gasteiger partial charge is 0.223 e. The molecule has 5 nitrogen and oxygen atoms in total. The molecule has 1 heterocycles. The first-order valence-corrected chi connectivity index (χ1v) is 12.2. The van der Waals surface area contributed by atoms with Crippen molar-refractivity contribution in [2.75, 3.05) is 24.3 Å². The van der Waals surface area contributed by atoms with Crippen LogP contribution in [0.5, 0.6) is 0 Å². The van der Waals surface area contributed by atoms with Gasteiger partial charge in [0.2, 0.25) is 11.8 Å². The number of nitrogens with one attached hydrogen (secondary N) is 2. The van der Waals surface area contributed by atoms with Gasteiger partial charge in [0, 0.05) is 36.3 Å². The van der Waals surface area contributed by atoms with Crippen molar-refractivity contribution < 1.29 is 14.3 Å². The minimum Gasteiger partial charge on any atom is -0.355 e. The normalized spacial score (nSPS) is 23.4. The van der Waals surface area contributed by atoms with Crippen molar-refractivity contribution in [3.05, 3.63) is 0 Å². The highest BCUT2D eigenvalue weighted by Crippen LogP contribution is 2.45. The van der Waals surface area contributed by atoms with E-state index in [0.29, 0.717) is 25.1 Å². The number of hydrogen-bond donors (Lipinski definition) is 3. The fourth-order valence-electron chi connectivity index (χ4n) is 2.41. The summed E-state index contributed by atoms with van der Waals surface area (Å²) in [5.74, 6) is 1.50. The number of ether oxygens (including phenoxy) is 1. The molecule has 0 saturated carbocycles. The average molecular weight is 399 g/mol. The molecule has 1 fully saturated rings. The fourth-order valence-corrected chi connectivity index (χ4v) is 4.15. The quantitative estimate of drug-likeness (QED) is 0.215. The lowest BCUT2D eigenvalue weighted by Gasteiger charge is -2.24. The van der Waals surface area contributed by atoms with Crippen molar-refractivity contribution in [3.8, 4) is 0 Å². The second-order valence-corrected chi connectivity index (χ2v) is 10.4. The number of amides is 2. The molecule has 0 aliphatic carbocycles. The van der Waals surface area contributed by atoms with Crippen LogP contribution in [0.3, 0.4) is 0 Å². The van der Waals surface area contributed by atoms with Crippen molar-refractivity contribution in [3.63, 3.8) is 0 Å². The standard InChI is InChI=1S/C14H26N2O3S4/c1-13(2,9-15-10(17)5-7-22-20)12-14(3,19-12)16-11(18)6-8-23-21-4/h12,20H,5-9H2,1-4H3,(H,15,17)(H,16,18). The van der Waals surface area contributed by atoms with E-state index < -0.39 is 5.72 Å². The molecule has 1 aliphatic rings. The Hall–Kier alpha value is 0.300. The lowest BCUT2D eigenvalue weighted by molar-refractivity contribution is -0.122. The van der Waals surface area contributed by atoms with Crippen LogP contribution in [0.2, 0.25) is 0 Å². The third-order valence-electron chi connectivity index (χ3n) is 3.60. The fraction of sp³-hybridized carbons (Fsp3) is 0.857. The van der Waals surface area contributed by atoms with Gasteiger partial charge in [-0.05, 0) is 13.2 Å². The summed E-state index contributed by atoms with van der Waals surface area (Å²) in [6, 6.07) is 0. The summed E-state index contributed by atoms with van der Waals surface area (Å²) < 4.78 is 5.75. The summed E-state index contributed by atoms with van der Waals surface area (Å²) in [5.41, 5.74) is -0.879. The van der Waals surface area contributed by atoms with Crippen LogP contribution in [0.1, 0.15) is 33.6 Å². The zero-order chi connectivity index (χ0) is 17.5. The van der Waals surface area contributed by atoms with E-state index in [4.69, 9.17) is 4.74 Å². The van der Waals surface area contributed by atoms with Gasteiger partial charge in [-0.2, -0.15) is 0 Å². The summed E-state index contributed by atoms with van der Waals surface area (Å²) >= 11 is 4.02. The van der Waals surface area contributed by atoms with E-state index in [1.54, 1.807) is 21.6 Å². The summed E-state index contributed by atoms with van der Waals surface area (Å²) in [7, 11) is 4.68. The Morgan fingerprint density at radius 1 is 1.26 bits per heavy atom. The van der Waals surface area contributed by atoms with Gasteiger partial charge >= 0.3 is 0 Å². The average Bonchev–Trinajstić information content (AvgIpc) is 3.15. The molecule has 1 rings (SSSR count). The third-order valence-corrected chi connectivity index (χ3v) is 6.34. The molecule has 9 heteroatoms. The maximum absolute atomic E-state index is 11.9. The summed E-state index contributed by atoms with van der Waals surface area (Å²) in [4.78, 5) is 23.6. The second kappa shape index (κ2) is 9.70. The van der Waals surface area contributed by atoms with Crippen LogP contribution in [-0.4, -0.2) is 47.9 Å². The number of carbonyl (C=O) groups excluding carboxylic acids is 2. The van der Waals surface area contributed by atoms with Gasteiger partial charge in [-0.1, -0.05) is 46.2 Å². The number of thiol groups is 1. The van der Waals surface area contributed by atoms with Gasteiger partial charge in [0.05, 0.1) is 0 Å². The molecule has 23 heavy (non-hydrogen) atoms. The van der Waals surface area contributed by atoms with Gasteiger partial charge in [-0.25, -0.2) is 0 Å². The molecule has 0 bridgehead atoms. The van der Waals surface area contributed by atoms with Gasteiger partial charge in [-0.15, -0.1) is 11.7 Å². The topological polar surface area (TPSA) is 70.7 Å². The molecular weight excluding hydrogens is 372 g/mol. The number of carbonyl (C=O) groups is 2. The second-order valence-electron chi connectivity index (χ2n) is 6.24. The molecule has 0 aromatic carbocycles. The highest BCUT2D eigenvalue weighted by molar-refractivity contribution is 8.76. The first kappa shape index (κ1) is 21.3. The molecule has 2 amide bonds. The van der Waals surface area contributed by atoms with Gasteiger partial charge in [-0.3, -0.25) is 9.59 Å². The molecule has 2 N–H and O–H groups in total. The van der Waals surface area contributed by atoms with Crippen LogP contribution in [0.4, 0.5) is 0 Å². The molecule has 0 spiro atoms. The van der Waals surface area contributed by atoms with Crippen molar-refractivity contribution >= 4 is 55.9 Å². The minimum absolute atomic E-state index is 0.00203. The highest BCUT2D eigenvalue weighted by Gasteiger charge is 2.60. The Bertz CT molecular complexity index is 423. The van der Waals surface area contributed by atoms with Gasteiger partial charge in [0.25, 0.3) is 0 Å². The molecular formula is C14H26N2O3S4. The predicted octanol–water partition coefficient (Wildman–Crippen LogP) is 2.73. The van der Waals surface area contributed by atoms with E-state index >= 15 is 0 Å². The monoisotopic (exact) mass is 398 g/mol. The van der Waals surface area contributed by atoms with Gasteiger partial charge in [0.1, 0.15) is 6.10 Å². The van der Waals surface area contributed by atoms with Crippen LogP contribution in [0, 0.1) is 5.41 Å². The Balaban J connectivity index is 2.38. The Labute approximate surface area is 155 Å². The Morgan fingerprint density at radius 2 is 1.91 bits per heavy atom. The van der Waals surface area contributed by atoms with E-state index in [9.17, 15) is 9.59 Å². The SMILES string of the molecule is CSSCCC(=O)NC1(C)OC1C(C)(C)CNC(=O)CCSS. The van der Waals surface area contributed by atoms with Crippen LogP contribution >= 0.6 is 44.0 Å². The molecule has 0 aromatic heterocycles. The van der Waals surface area contributed by atoms with E-state index in [1.165, 1.54) is 10.8 Å². The summed E-state index contributed by atoms with van der Waals surface area (Å²) in [5, 5.41) is 5.88. The van der Waals surface area contributed by atoms with Crippen molar-refractivity contribution in [2.45, 2.75) is 45.4 Å². The molecule has 2 atom stereocenters. The molecule has 134 valence electrons. The Kier molecular flexibility index (Phi) is 9.00. The minimum atomic E-state index is -0.629. The molecule has 2 unspecified atom stereocenters. The maximum Gasteiger partial charge on any atom is 0.223 e. The third kappa shape index (κ3) is 7.37. The van der Waals surface area contributed by atoms with Crippen molar-refractivity contribution in [2.24, 2.45) is 5.41 Å². The lowest BCUT2D eigenvalue weighted by atomic mass is 9.85.